The number of hydrogen-bond donors (Lipinski definition) is 2. The zero-order chi connectivity index (χ0) is 13.5. The van der Waals surface area contributed by atoms with Crippen molar-refractivity contribution in [2.24, 2.45) is 0 Å². The van der Waals surface area contributed by atoms with E-state index >= 15 is 0 Å². The average molecular weight is 268 g/mol. The highest BCUT2D eigenvalue weighted by Crippen LogP contribution is 2.32. The maximum absolute atomic E-state index is 4.91. The molecule has 2 aromatic rings. The number of nitrogens with one attached hydrogen (secondary N) is 2. The van der Waals surface area contributed by atoms with Crippen LogP contribution in [0.2, 0.25) is 0 Å². The highest BCUT2D eigenvalue weighted by atomic mass is 15.3. The molecule has 104 valence electrons. The molecule has 1 unspecified atom stereocenters. The number of nitrogens with zero attached hydrogens (tertiary/aromatic N) is 2. The second-order valence-corrected chi connectivity index (χ2v) is 5.76. The van der Waals surface area contributed by atoms with Crippen molar-refractivity contribution < 1.29 is 0 Å². The molecule has 0 saturated heterocycles. The lowest BCUT2D eigenvalue weighted by Gasteiger charge is -2.24. The maximum Gasteiger partial charge on any atom is 0.0959 e. The summed E-state index contributed by atoms with van der Waals surface area (Å²) in [6, 6.07) is 9.15. The first-order chi connectivity index (χ1) is 9.83. The Hall–Kier alpha value is -1.65. The molecule has 0 fully saturated rings. The first kappa shape index (κ1) is 12.1. The van der Waals surface area contributed by atoms with Gasteiger partial charge >= 0.3 is 0 Å². The second-order valence-electron chi connectivity index (χ2n) is 5.76. The van der Waals surface area contributed by atoms with E-state index in [4.69, 9.17) is 5.10 Å². The molecule has 2 N–H and O–H groups in total. The predicted octanol–water partition coefficient (Wildman–Crippen LogP) is 1.65. The molecule has 2 aliphatic rings. The van der Waals surface area contributed by atoms with Gasteiger partial charge in [0.25, 0.3) is 0 Å². The zero-order valence-corrected chi connectivity index (χ0v) is 11.8. The minimum atomic E-state index is 0.410. The standard InChI is InChI=1S/C16H20N4/c1-11-2-4-12(5-3-11)15-13-6-7-18-14-10-17-8-9-20(19-15)16(13)14/h2-5,14,17-18H,6-10H2,1H3. The van der Waals surface area contributed by atoms with Crippen LogP contribution < -0.4 is 10.6 Å². The van der Waals surface area contributed by atoms with Crippen LogP contribution >= 0.6 is 0 Å². The van der Waals surface area contributed by atoms with E-state index in [-0.39, 0.29) is 0 Å². The van der Waals surface area contributed by atoms with Gasteiger partial charge in [-0.1, -0.05) is 29.8 Å². The Morgan fingerprint density at radius 3 is 2.90 bits per heavy atom. The quantitative estimate of drug-likeness (QED) is 0.826. The van der Waals surface area contributed by atoms with Crippen LogP contribution in [0.5, 0.6) is 0 Å². The molecular weight excluding hydrogens is 248 g/mol. The summed E-state index contributed by atoms with van der Waals surface area (Å²) in [4.78, 5) is 0. The molecule has 0 spiro atoms. The molecule has 20 heavy (non-hydrogen) atoms. The van der Waals surface area contributed by atoms with Gasteiger partial charge in [0, 0.05) is 24.2 Å². The first-order valence-corrected chi connectivity index (χ1v) is 7.43. The van der Waals surface area contributed by atoms with E-state index in [0.29, 0.717) is 6.04 Å². The lowest BCUT2D eigenvalue weighted by Crippen LogP contribution is -2.35. The van der Waals surface area contributed by atoms with E-state index in [1.807, 2.05) is 0 Å². The summed E-state index contributed by atoms with van der Waals surface area (Å²) in [6.07, 6.45) is 1.08. The van der Waals surface area contributed by atoms with Crippen molar-refractivity contribution in [1.29, 1.82) is 0 Å². The van der Waals surface area contributed by atoms with E-state index in [0.717, 1.165) is 32.6 Å². The first-order valence-electron chi connectivity index (χ1n) is 7.43. The molecule has 4 nitrogen and oxygen atoms in total. The smallest absolute Gasteiger partial charge is 0.0959 e. The molecule has 0 radical (unpaired) electrons. The van der Waals surface area contributed by atoms with Gasteiger partial charge in [0.1, 0.15) is 0 Å². The minimum absolute atomic E-state index is 0.410. The number of benzene rings is 1. The van der Waals surface area contributed by atoms with Gasteiger partial charge in [0.05, 0.1) is 24.0 Å². The SMILES string of the molecule is Cc1ccc(-c2nn3c4c2CCNC4CNCC3)cc1. The Labute approximate surface area is 119 Å². The van der Waals surface area contributed by atoms with Crippen molar-refractivity contribution >= 4 is 0 Å². The summed E-state index contributed by atoms with van der Waals surface area (Å²) < 4.78 is 2.21. The van der Waals surface area contributed by atoms with Gasteiger partial charge in [-0.2, -0.15) is 5.10 Å². The molecule has 1 aromatic carbocycles. The number of hydrogen-bond acceptors (Lipinski definition) is 3. The monoisotopic (exact) mass is 268 g/mol. The molecule has 0 saturated carbocycles. The van der Waals surface area contributed by atoms with Crippen molar-refractivity contribution in [2.45, 2.75) is 25.9 Å². The third kappa shape index (κ3) is 1.87. The molecule has 0 aliphatic carbocycles. The molecular formula is C16H20N4. The van der Waals surface area contributed by atoms with Crippen LogP contribution in [-0.4, -0.2) is 29.4 Å². The summed E-state index contributed by atoms with van der Waals surface area (Å²) in [7, 11) is 0. The lowest BCUT2D eigenvalue weighted by atomic mass is 9.96. The summed E-state index contributed by atoms with van der Waals surface area (Å²) in [5, 5.41) is 12.0. The minimum Gasteiger partial charge on any atom is -0.313 e. The molecule has 1 atom stereocenters. The molecule has 0 bridgehead atoms. The van der Waals surface area contributed by atoms with Crippen LogP contribution in [0.1, 0.15) is 22.9 Å². The third-order valence-corrected chi connectivity index (χ3v) is 4.36. The summed E-state index contributed by atoms with van der Waals surface area (Å²) in [5.41, 5.74) is 6.58. The van der Waals surface area contributed by atoms with E-state index in [1.54, 1.807) is 0 Å². The van der Waals surface area contributed by atoms with Crippen molar-refractivity contribution in [3.8, 4) is 11.3 Å². The summed E-state index contributed by atoms with van der Waals surface area (Å²) >= 11 is 0. The van der Waals surface area contributed by atoms with E-state index < -0.39 is 0 Å². The fraction of sp³-hybridized carbons (Fsp3) is 0.438. The van der Waals surface area contributed by atoms with E-state index in [1.165, 1.54) is 28.1 Å². The second kappa shape index (κ2) is 4.72. The number of aromatic nitrogens is 2. The van der Waals surface area contributed by atoms with Gasteiger partial charge < -0.3 is 10.6 Å². The Kier molecular flexibility index (Phi) is 2.86. The molecule has 3 heterocycles. The maximum atomic E-state index is 4.91. The van der Waals surface area contributed by atoms with Crippen LogP contribution in [0.3, 0.4) is 0 Å². The highest BCUT2D eigenvalue weighted by molar-refractivity contribution is 5.65. The van der Waals surface area contributed by atoms with Gasteiger partial charge in [-0.25, -0.2) is 0 Å². The fourth-order valence-corrected chi connectivity index (χ4v) is 3.33. The highest BCUT2D eigenvalue weighted by Gasteiger charge is 2.29. The molecule has 0 amide bonds. The van der Waals surface area contributed by atoms with Gasteiger partial charge in [-0.05, 0) is 19.9 Å². The summed E-state index contributed by atoms with van der Waals surface area (Å²) in [5.74, 6) is 0. The molecule has 4 rings (SSSR count). The average Bonchev–Trinajstić information content (AvgIpc) is 2.71. The fourth-order valence-electron chi connectivity index (χ4n) is 3.33. The molecule has 2 aliphatic heterocycles. The van der Waals surface area contributed by atoms with Crippen LogP contribution in [0.4, 0.5) is 0 Å². The third-order valence-electron chi connectivity index (χ3n) is 4.36. The van der Waals surface area contributed by atoms with Gasteiger partial charge in [0.2, 0.25) is 0 Å². The molecule has 4 heteroatoms. The van der Waals surface area contributed by atoms with Crippen molar-refractivity contribution in [3.63, 3.8) is 0 Å². The van der Waals surface area contributed by atoms with E-state index in [9.17, 15) is 0 Å². The summed E-state index contributed by atoms with van der Waals surface area (Å²) in [6.45, 7) is 6.14. The Bertz CT molecular complexity index is 627. The van der Waals surface area contributed by atoms with Gasteiger partial charge in [-0.3, -0.25) is 4.68 Å². The largest absolute Gasteiger partial charge is 0.313 e. The van der Waals surface area contributed by atoms with Crippen LogP contribution in [-0.2, 0) is 13.0 Å². The van der Waals surface area contributed by atoms with Crippen molar-refractivity contribution in [1.82, 2.24) is 20.4 Å². The van der Waals surface area contributed by atoms with Gasteiger partial charge in [0.15, 0.2) is 0 Å². The van der Waals surface area contributed by atoms with E-state index in [2.05, 4.69) is 46.5 Å². The van der Waals surface area contributed by atoms with Crippen LogP contribution in [0.25, 0.3) is 11.3 Å². The lowest BCUT2D eigenvalue weighted by molar-refractivity contribution is 0.474. The zero-order valence-electron chi connectivity index (χ0n) is 11.8. The number of rotatable bonds is 1. The Balaban J connectivity index is 1.86. The van der Waals surface area contributed by atoms with Gasteiger partial charge in [-0.15, -0.1) is 0 Å². The number of aryl methyl sites for hydroxylation is 1. The molecule has 1 aromatic heterocycles. The topological polar surface area (TPSA) is 41.9 Å². The Morgan fingerprint density at radius 1 is 1.20 bits per heavy atom. The normalized spacial score (nSPS) is 21.4. The van der Waals surface area contributed by atoms with Crippen LogP contribution in [0.15, 0.2) is 24.3 Å². The van der Waals surface area contributed by atoms with Crippen LogP contribution in [0, 0.1) is 6.92 Å². The Morgan fingerprint density at radius 2 is 2.05 bits per heavy atom. The predicted molar refractivity (Wildman–Crippen MR) is 79.7 cm³/mol. The van der Waals surface area contributed by atoms with Crippen molar-refractivity contribution in [3.05, 3.63) is 41.1 Å². The van der Waals surface area contributed by atoms with Crippen molar-refractivity contribution in [2.75, 3.05) is 19.6 Å².